The Morgan fingerprint density at radius 3 is 2.18 bits per heavy atom. The van der Waals surface area contributed by atoms with Crippen molar-refractivity contribution >= 4 is 39.6 Å². The molecular formula is C29H25N7O2. The van der Waals surface area contributed by atoms with Crippen molar-refractivity contribution in [2.75, 3.05) is 11.1 Å². The van der Waals surface area contributed by atoms with E-state index in [1.54, 1.807) is 23.2 Å². The molecule has 38 heavy (non-hydrogen) atoms. The Morgan fingerprint density at radius 1 is 0.895 bits per heavy atom. The van der Waals surface area contributed by atoms with Crippen molar-refractivity contribution in [2.24, 2.45) is 7.05 Å². The molecule has 3 aromatic heterocycles. The Balaban J connectivity index is 1.49. The molecule has 3 aromatic carbocycles. The molecule has 0 aliphatic carbocycles. The van der Waals surface area contributed by atoms with Gasteiger partial charge in [0.15, 0.2) is 5.65 Å². The fourth-order valence-electron chi connectivity index (χ4n) is 4.76. The van der Waals surface area contributed by atoms with Gasteiger partial charge in [0, 0.05) is 7.05 Å². The molecule has 1 amide bonds. The lowest BCUT2D eigenvalue weighted by molar-refractivity contribution is 0.102. The molecule has 0 saturated carbocycles. The van der Waals surface area contributed by atoms with Crippen LogP contribution in [0.1, 0.15) is 21.6 Å². The van der Waals surface area contributed by atoms with Gasteiger partial charge in [-0.2, -0.15) is 0 Å². The summed E-state index contributed by atoms with van der Waals surface area (Å²) < 4.78 is 5.02. The number of nitrogens with zero attached hydrogens (tertiary/aromatic N) is 5. The summed E-state index contributed by atoms with van der Waals surface area (Å²) in [6.45, 7) is 2.19. The molecule has 0 fully saturated rings. The lowest BCUT2D eigenvalue weighted by atomic mass is 10.2. The largest absolute Gasteiger partial charge is 0.384 e. The van der Waals surface area contributed by atoms with Crippen molar-refractivity contribution in [3.8, 4) is 5.69 Å². The Morgan fingerprint density at radius 2 is 1.50 bits per heavy atom. The number of nitrogen functional groups attached to an aromatic ring is 1. The van der Waals surface area contributed by atoms with Crippen LogP contribution in [-0.4, -0.2) is 29.8 Å². The second-order valence-electron chi connectivity index (χ2n) is 9.11. The van der Waals surface area contributed by atoms with E-state index in [-0.39, 0.29) is 22.6 Å². The first-order chi connectivity index (χ1) is 18.4. The number of amides is 1. The first-order valence-electron chi connectivity index (χ1n) is 12.2. The third-order valence-corrected chi connectivity index (χ3v) is 6.79. The minimum Gasteiger partial charge on any atom is -0.384 e. The van der Waals surface area contributed by atoms with Crippen molar-refractivity contribution < 1.29 is 4.79 Å². The second-order valence-corrected chi connectivity index (χ2v) is 9.11. The number of fused-ring (bicyclic) bond motifs is 2. The number of carbonyl (C=O) groups is 1. The highest BCUT2D eigenvalue weighted by Gasteiger charge is 2.26. The van der Waals surface area contributed by atoms with E-state index < -0.39 is 5.91 Å². The van der Waals surface area contributed by atoms with Gasteiger partial charge in [0.05, 0.1) is 29.0 Å². The zero-order valence-corrected chi connectivity index (χ0v) is 20.9. The maximum absolute atomic E-state index is 13.8. The highest BCUT2D eigenvalue weighted by Crippen LogP contribution is 2.29. The van der Waals surface area contributed by atoms with Crippen molar-refractivity contribution in [1.82, 2.24) is 23.9 Å². The van der Waals surface area contributed by atoms with Gasteiger partial charge in [-0.1, -0.05) is 60.7 Å². The molecule has 6 aromatic rings. The molecule has 3 heterocycles. The average molecular weight is 504 g/mol. The van der Waals surface area contributed by atoms with E-state index in [4.69, 9.17) is 15.7 Å². The molecule has 3 N–H and O–H groups in total. The van der Waals surface area contributed by atoms with E-state index in [2.05, 4.69) is 5.32 Å². The maximum Gasteiger partial charge on any atom is 0.295 e. The van der Waals surface area contributed by atoms with Gasteiger partial charge in [-0.3, -0.25) is 14.3 Å². The van der Waals surface area contributed by atoms with Crippen LogP contribution < -0.4 is 16.6 Å². The third-order valence-electron chi connectivity index (χ3n) is 6.79. The van der Waals surface area contributed by atoms with Crippen LogP contribution in [0.5, 0.6) is 0 Å². The molecule has 0 aliphatic heterocycles. The predicted octanol–water partition coefficient (Wildman–Crippen LogP) is 4.27. The van der Waals surface area contributed by atoms with Crippen LogP contribution in [0, 0.1) is 6.92 Å². The molecule has 0 radical (unpaired) electrons. The molecule has 0 bridgehead atoms. The van der Waals surface area contributed by atoms with Crippen molar-refractivity contribution in [3.63, 3.8) is 0 Å². The van der Waals surface area contributed by atoms with Gasteiger partial charge in [-0.05, 0) is 36.8 Å². The number of anilines is 2. The first-order valence-corrected chi connectivity index (χ1v) is 12.2. The number of rotatable bonds is 5. The number of aromatic nitrogens is 5. The zero-order valence-electron chi connectivity index (χ0n) is 20.9. The SMILES string of the molecule is Cc1c(NC(=O)c2c(N)n(Cc3ccccc3)c3nc4ccccc4nc23)c(=O)n(-c2ccccc2)n1C. The van der Waals surface area contributed by atoms with Gasteiger partial charge in [-0.25, -0.2) is 14.6 Å². The molecule has 0 saturated heterocycles. The van der Waals surface area contributed by atoms with Gasteiger partial charge in [0.25, 0.3) is 11.5 Å². The Kier molecular flexibility index (Phi) is 5.53. The van der Waals surface area contributed by atoms with Gasteiger partial charge < -0.3 is 15.6 Å². The van der Waals surface area contributed by atoms with Crippen molar-refractivity contribution in [2.45, 2.75) is 13.5 Å². The minimum atomic E-state index is -0.519. The molecule has 0 aliphatic rings. The summed E-state index contributed by atoms with van der Waals surface area (Å²) in [6.07, 6.45) is 0. The number of para-hydroxylation sites is 3. The number of hydrogen-bond donors (Lipinski definition) is 2. The summed E-state index contributed by atoms with van der Waals surface area (Å²) in [7, 11) is 1.77. The van der Waals surface area contributed by atoms with E-state index >= 15 is 0 Å². The lowest BCUT2D eigenvalue weighted by Gasteiger charge is -2.08. The summed E-state index contributed by atoms with van der Waals surface area (Å²) in [4.78, 5) is 36.8. The van der Waals surface area contributed by atoms with Crippen molar-refractivity contribution in [3.05, 3.63) is 112 Å². The summed E-state index contributed by atoms with van der Waals surface area (Å²) in [5.74, 6) is -0.288. The fraction of sp³-hybridized carbons (Fsp3) is 0.103. The highest BCUT2D eigenvalue weighted by atomic mass is 16.2. The van der Waals surface area contributed by atoms with Crippen molar-refractivity contribution in [1.29, 1.82) is 0 Å². The summed E-state index contributed by atoms with van der Waals surface area (Å²) in [6, 6.07) is 26.5. The van der Waals surface area contributed by atoms with Gasteiger partial charge >= 0.3 is 0 Å². The van der Waals surface area contributed by atoms with E-state index in [0.717, 1.165) is 5.56 Å². The minimum absolute atomic E-state index is 0.179. The molecule has 0 atom stereocenters. The second kappa shape index (κ2) is 9.04. The number of hydrogen-bond acceptors (Lipinski definition) is 5. The van der Waals surface area contributed by atoms with Crippen LogP contribution in [0.2, 0.25) is 0 Å². The Labute approximate surface area is 217 Å². The number of nitrogens with one attached hydrogen (secondary N) is 1. The zero-order chi connectivity index (χ0) is 26.4. The monoisotopic (exact) mass is 503 g/mol. The summed E-state index contributed by atoms with van der Waals surface area (Å²) in [5.41, 5.74) is 11.2. The molecule has 188 valence electrons. The van der Waals surface area contributed by atoms with E-state index in [1.165, 1.54) is 4.68 Å². The van der Waals surface area contributed by atoms with Crippen LogP contribution in [0.3, 0.4) is 0 Å². The van der Waals surface area contributed by atoms with Crippen LogP contribution in [0.15, 0.2) is 89.7 Å². The Hall–Kier alpha value is -5.18. The topological polar surface area (TPSA) is 113 Å². The predicted molar refractivity (Wildman–Crippen MR) is 149 cm³/mol. The Bertz CT molecular complexity index is 1880. The van der Waals surface area contributed by atoms with Crippen LogP contribution in [0.4, 0.5) is 11.5 Å². The quantitative estimate of drug-likeness (QED) is 0.365. The number of nitrogens with two attached hydrogens (primary N) is 1. The number of carbonyl (C=O) groups excluding carboxylic acids is 1. The summed E-state index contributed by atoms with van der Waals surface area (Å²) in [5, 5.41) is 2.83. The van der Waals surface area contributed by atoms with Gasteiger partial charge in [0.2, 0.25) is 0 Å². The van der Waals surface area contributed by atoms with Crippen LogP contribution in [-0.2, 0) is 13.6 Å². The average Bonchev–Trinajstić information content (AvgIpc) is 3.32. The van der Waals surface area contributed by atoms with Crippen LogP contribution in [0.25, 0.3) is 27.9 Å². The van der Waals surface area contributed by atoms with Gasteiger partial charge in [-0.15, -0.1) is 0 Å². The molecule has 9 nitrogen and oxygen atoms in total. The van der Waals surface area contributed by atoms with Gasteiger partial charge in [0.1, 0.15) is 22.6 Å². The smallest absolute Gasteiger partial charge is 0.295 e. The summed E-state index contributed by atoms with van der Waals surface area (Å²) >= 11 is 0. The molecule has 9 heteroatoms. The maximum atomic E-state index is 13.8. The fourth-order valence-corrected chi connectivity index (χ4v) is 4.76. The third kappa shape index (κ3) is 3.72. The molecule has 0 unspecified atom stereocenters. The standard InChI is InChI=1S/C29H25N7O2/c1-18-24(29(38)36(34(18)2)20-13-7-4-8-14-20)33-28(37)23-25-27(32-22-16-10-9-15-21(22)31-25)35(26(23)30)17-19-11-5-3-6-12-19/h3-16H,17,30H2,1-2H3,(H,33,37). The molecule has 6 rings (SSSR count). The highest BCUT2D eigenvalue weighted by molar-refractivity contribution is 6.16. The van der Waals surface area contributed by atoms with E-state index in [9.17, 15) is 9.59 Å². The molecular weight excluding hydrogens is 478 g/mol. The first kappa shape index (κ1) is 23.2. The lowest BCUT2D eigenvalue weighted by Crippen LogP contribution is -2.23. The van der Waals surface area contributed by atoms with Crippen LogP contribution >= 0.6 is 0 Å². The van der Waals surface area contributed by atoms with E-state index in [1.807, 2.05) is 84.9 Å². The normalized spacial score (nSPS) is 11.3. The number of benzene rings is 3. The van der Waals surface area contributed by atoms with E-state index in [0.29, 0.717) is 40.1 Å². The molecule has 0 spiro atoms.